The molecule has 3 nitrogen and oxygen atoms in total. The van der Waals surface area contributed by atoms with Gasteiger partial charge in [-0.05, 0) is 43.3 Å². The quantitative estimate of drug-likeness (QED) is 0.902. The van der Waals surface area contributed by atoms with Gasteiger partial charge in [-0.1, -0.05) is 28.9 Å². The van der Waals surface area contributed by atoms with E-state index >= 15 is 0 Å². The number of hydrogen-bond acceptors (Lipinski definition) is 3. The fraction of sp³-hybridized carbons (Fsp3) is 0.267. The number of halogens is 1. The molecule has 0 atom stereocenters. The predicted molar refractivity (Wildman–Crippen MR) is 80.6 cm³/mol. The highest BCUT2D eigenvalue weighted by Gasteiger charge is 2.05. The molecule has 0 amide bonds. The van der Waals surface area contributed by atoms with Crippen LogP contribution >= 0.6 is 15.9 Å². The summed E-state index contributed by atoms with van der Waals surface area (Å²) in [6.45, 7) is 5.84. The lowest BCUT2D eigenvalue weighted by molar-refractivity contribution is 0.475. The summed E-state index contributed by atoms with van der Waals surface area (Å²) in [5.41, 5.74) is 2.10. The van der Waals surface area contributed by atoms with E-state index in [4.69, 9.17) is 4.74 Å². The third-order valence-corrected chi connectivity index (χ3v) is 3.51. The number of hydrogen-bond donors (Lipinski definition) is 1. The highest BCUT2D eigenvalue weighted by molar-refractivity contribution is 9.10. The Morgan fingerprint density at radius 3 is 2.84 bits per heavy atom. The second-order valence-electron chi connectivity index (χ2n) is 4.22. The van der Waals surface area contributed by atoms with Gasteiger partial charge in [0.1, 0.15) is 11.5 Å². The van der Waals surface area contributed by atoms with E-state index in [0.717, 1.165) is 34.8 Å². The lowest BCUT2D eigenvalue weighted by Crippen LogP contribution is -2.11. The van der Waals surface area contributed by atoms with Crippen LogP contribution in [-0.2, 0) is 6.54 Å². The van der Waals surface area contributed by atoms with Gasteiger partial charge < -0.3 is 10.1 Å². The Kier molecular flexibility index (Phi) is 4.93. The van der Waals surface area contributed by atoms with Crippen LogP contribution in [0.4, 0.5) is 0 Å². The largest absolute Gasteiger partial charge is 0.455 e. The summed E-state index contributed by atoms with van der Waals surface area (Å²) in [4.78, 5) is 4.21. The normalized spacial score (nSPS) is 10.5. The molecule has 2 aromatic rings. The number of rotatable bonds is 5. The summed E-state index contributed by atoms with van der Waals surface area (Å²) in [5, 5.41) is 3.30. The molecule has 19 heavy (non-hydrogen) atoms. The van der Waals surface area contributed by atoms with Crippen molar-refractivity contribution in [2.24, 2.45) is 0 Å². The van der Waals surface area contributed by atoms with Gasteiger partial charge >= 0.3 is 0 Å². The summed E-state index contributed by atoms with van der Waals surface area (Å²) < 4.78 is 6.89. The molecule has 100 valence electrons. The minimum atomic E-state index is 0.786. The first kappa shape index (κ1) is 14.0. The third kappa shape index (κ3) is 3.78. The Hall–Kier alpha value is -1.39. The fourth-order valence-corrected chi connectivity index (χ4v) is 2.20. The van der Waals surface area contributed by atoms with E-state index in [1.807, 2.05) is 31.2 Å². The monoisotopic (exact) mass is 320 g/mol. The summed E-state index contributed by atoms with van der Waals surface area (Å²) in [7, 11) is 0. The van der Waals surface area contributed by atoms with Crippen molar-refractivity contribution in [2.75, 3.05) is 6.54 Å². The van der Waals surface area contributed by atoms with Crippen LogP contribution in [0.2, 0.25) is 0 Å². The van der Waals surface area contributed by atoms with E-state index in [0.29, 0.717) is 0 Å². The van der Waals surface area contributed by atoms with Gasteiger partial charge in [0.15, 0.2) is 0 Å². The van der Waals surface area contributed by atoms with E-state index in [9.17, 15) is 0 Å². The lowest BCUT2D eigenvalue weighted by atomic mass is 10.2. The Morgan fingerprint density at radius 1 is 1.32 bits per heavy atom. The van der Waals surface area contributed by atoms with Gasteiger partial charge in [-0.3, -0.25) is 4.98 Å². The fourth-order valence-electron chi connectivity index (χ4n) is 1.70. The summed E-state index contributed by atoms with van der Waals surface area (Å²) >= 11 is 3.57. The van der Waals surface area contributed by atoms with E-state index in [1.165, 1.54) is 5.56 Å². The topological polar surface area (TPSA) is 34.1 Å². The maximum absolute atomic E-state index is 5.84. The van der Waals surface area contributed by atoms with Gasteiger partial charge in [0.05, 0.1) is 5.69 Å². The van der Waals surface area contributed by atoms with Crippen LogP contribution in [0.25, 0.3) is 0 Å². The zero-order valence-corrected chi connectivity index (χ0v) is 12.7. The molecule has 0 aliphatic heterocycles. The first-order valence-electron chi connectivity index (χ1n) is 6.29. The van der Waals surface area contributed by atoms with Gasteiger partial charge in [-0.2, -0.15) is 0 Å². The smallest absolute Gasteiger partial charge is 0.148 e. The van der Waals surface area contributed by atoms with Gasteiger partial charge in [0.25, 0.3) is 0 Å². The Bertz CT molecular complexity index is 558. The molecule has 1 heterocycles. The third-order valence-electron chi connectivity index (χ3n) is 2.78. The number of ether oxygens (including phenoxy) is 1. The van der Waals surface area contributed by atoms with E-state index < -0.39 is 0 Å². The average Bonchev–Trinajstić information content (AvgIpc) is 2.40. The van der Waals surface area contributed by atoms with Crippen molar-refractivity contribution < 1.29 is 4.74 Å². The second-order valence-corrected chi connectivity index (χ2v) is 5.08. The maximum atomic E-state index is 5.84. The number of pyridine rings is 1. The van der Waals surface area contributed by atoms with Crippen LogP contribution in [0.3, 0.4) is 0 Å². The van der Waals surface area contributed by atoms with E-state index in [2.05, 4.69) is 39.2 Å². The molecule has 0 aliphatic rings. The average molecular weight is 321 g/mol. The second kappa shape index (κ2) is 6.68. The first-order chi connectivity index (χ1) is 9.20. The molecule has 0 saturated carbocycles. The first-order valence-corrected chi connectivity index (χ1v) is 7.08. The van der Waals surface area contributed by atoms with E-state index in [-0.39, 0.29) is 0 Å². The van der Waals surface area contributed by atoms with Crippen LogP contribution in [0.1, 0.15) is 18.2 Å². The molecular weight excluding hydrogens is 304 g/mol. The molecule has 0 fully saturated rings. The molecule has 4 heteroatoms. The van der Waals surface area contributed by atoms with Crippen molar-refractivity contribution in [3.05, 3.63) is 52.3 Å². The van der Waals surface area contributed by atoms with Crippen molar-refractivity contribution in [1.29, 1.82) is 0 Å². The molecule has 2 rings (SSSR count). The molecule has 1 N–H and O–H groups in total. The molecule has 1 aromatic carbocycles. The van der Waals surface area contributed by atoms with Crippen molar-refractivity contribution in [3.8, 4) is 11.5 Å². The van der Waals surface area contributed by atoms with Gasteiger partial charge in [0.2, 0.25) is 0 Å². The van der Waals surface area contributed by atoms with Gasteiger partial charge in [-0.15, -0.1) is 0 Å². The minimum absolute atomic E-state index is 0.786. The molecule has 0 aliphatic carbocycles. The number of benzene rings is 1. The summed E-state index contributed by atoms with van der Waals surface area (Å²) in [6.07, 6.45) is 1.76. The van der Waals surface area contributed by atoms with Crippen LogP contribution < -0.4 is 10.1 Å². The molecule has 0 bridgehead atoms. The number of aromatic nitrogens is 1. The highest BCUT2D eigenvalue weighted by Crippen LogP contribution is 2.28. The van der Waals surface area contributed by atoms with Crippen molar-refractivity contribution in [1.82, 2.24) is 10.3 Å². The SMILES string of the molecule is CCNCc1ccc(Oc2cccnc2C)cc1Br. The lowest BCUT2D eigenvalue weighted by Gasteiger charge is -2.10. The molecule has 0 spiro atoms. The van der Waals surface area contributed by atoms with Crippen molar-refractivity contribution in [3.63, 3.8) is 0 Å². The highest BCUT2D eigenvalue weighted by atomic mass is 79.9. The van der Waals surface area contributed by atoms with Crippen LogP contribution in [0.5, 0.6) is 11.5 Å². The summed E-state index contributed by atoms with van der Waals surface area (Å²) in [6, 6.07) is 9.82. The Morgan fingerprint density at radius 2 is 2.16 bits per heavy atom. The molecule has 0 radical (unpaired) electrons. The number of nitrogens with one attached hydrogen (secondary N) is 1. The predicted octanol–water partition coefficient (Wildman–Crippen LogP) is 4.05. The van der Waals surface area contributed by atoms with Crippen LogP contribution in [-0.4, -0.2) is 11.5 Å². The summed E-state index contributed by atoms with van der Waals surface area (Å²) in [5.74, 6) is 1.59. The molecule has 0 unspecified atom stereocenters. The van der Waals surface area contributed by atoms with Crippen LogP contribution in [0.15, 0.2) is 41.0 Å². The zero-order valence-electron chi connectivity index (χ0n) is 11.1. The molecule has 0 saturated heterocycles. The number of aryl methyl sites for hydroxylation is 1. The Labute approximate surface area is 122 Å². The van der Waals surface area contributed by atoms with Gasteiger partial charge in [0, 0.05) is 17.2 Å². The molecule has 1 aromatic heterocycles. The van der Waals surface area contributed by atoms with Crippen LogP contribution in [0, 0.1) is 6.92 Å². The van der Waals surface area contributed by atoms with Crippen molar-refractivity contribution >= 4 is 15.9 Å². The maximum Gasteiger partial charge on any atom is 0.148 e. The van der Waals surface area contributed by atoms with Gasteiger partial charge in [-0.25, -0.2) is 0 Å². The number of nitrogens with zero attached hydrogens (tertiary/aromatic N) is 1. The van der Waals surface area contributed by atoms with E-state index in [1.54, 1.807) is 6.20 Å². The minimum Gasteiger partial charge on any atom is -0.455 e. The Balaban J connectivity index is 2.14. The van der Waals surface area contributed by atoms with Crippen molar-refractivity contribution in [2.45, 2.75) is 20.4 Å². The zero-order chi connectivity index (χ0) is 13.7. The molecular formula is C15H17BrN2O. The standard InChI is InChI=1S/C15H17BrN2O/c1-3-17-10-12-6-7-13(9-14(12)16)19-15-5-4-8-18-11(15)2/h4-9,17H,3,10H2,1-2H3.